The molecule has 8 nitrogen and oxygen atoms in total. The van der Waals surface area contributed by atoms with E-state index < -0.39 is 23.3 Å². The van der Waals surface area contributed by atoms with Crippen LogP contribution in [0.25, 0.3) is 33.4 Å². The summed E-state index contributed by atoms with van der Waals surface area (Å²) < 4.78 is 36.1. The Morgan fingerprint density at radius 2 is 1.85 bits per heavy atom. The smallest absolute Gasteiger partial charge is 0.343 e. The van der Waals surface area contributed by atoms with E-state index in [1.165, 1.54) is 31.4 Å². The highest BCUT2D eigenvalue weighted by Gasteiger charge is 2.53. The molecule has 0 saturated heterocycles. The second-order valence-corrected chi connectivity index (χ2v) is 8.31. The number of hydrogen-bond acceptors (Lipinski definition) is 7. The van der Waals surface area contributed by atoms with Crippen LogP contribution in [0.3, 0.4) is 0 Å². The zero-order valence-corrected chi connectivity index (χ0v) is 18.7. The van der Waals surface area contributed by atoms with Gasteiger partial charge < -0.3 is 24.1 Å². The molecular formula is C25H21FN2O6. The topological polar surface area (TPSA) is 118 Å². The van der Waals surface area contributed by atoms with Crippen molar-refractivity contribution in [3.8, 4) is 28.2 Å². The van der Waals surface area contributed by atoms with E-state index in [1.54, 1.807) is 19.1 Å². The van der Waals surface area contributed by atoms with Crippen LogP contribution < -0.4 is 10.5 Å². The molecule has 4 aromatic rings. The summed E-state index contributed by atoms with van der Waals surface area (Å²) in [6.07, 6.45) is 0.713. The lowest BCUT2D eigenvalue weighted by molar-refractivity contribution is -0.128. The van der Waals surface area contributed by atoms with Crippen LogP contribution >= 0.6 is 0 Å². The molecule has 1 amide bonds. The van der Waals surface area contributed by atoms with Crippen LogP contribution in [0.5, 0.6) is 5.75 Å². The summed E-state index contributed by atoms with van der Waals surface area (Å²) in [5.74, 6) is -0.664. The molecule has 0 unspecified atom stereocenters. The first-order valence-electron chi connectivity index (χ1n) is 10.6. The standard InChI is InChI=1S/C25H21FN2O6/c1-12-20(13(2)34-28-12)16-11-19-17(10-18(16)31-3)21(23(29)33-25(8-9-25)24(27)30)22(32-19)14-4-6-15(26)7-5-14/h4-7,10-11H,8-9H2,1-3H3,(H2,27,30). The number of furan rings is 1. The highest BCUT2D eigenvalue weighted by molar-refractivity contribution is 6.11. The quantitative estimate of drug-likeness (QED) is 0.411. The molecule has 1 aliphatic carbocycles. The number of nitrogens with two attached hydrogens (primary N) is 1. The number of rotatable bonds is 6. The molecule has 2 aromatic carbocycles. The van der Waals surface area contributed by atoms with Gasteiger partial charge in [0.25, 0.3) is 5.91 Å². The van der Waals surface area contributed by atoms with Crippen LogP contribution in [0.1, 0.15) is 34.7 Å². The zero-order valence-electron chi connectivity index (χ0n) is 18.7. The minimum Gasteiger partial charge on any atom is -0.496 e. The molecule has 34 heavy (non-hydrogen) atoms. The largest absolute Gasteiger partial charge is 0.496 e. The van der Waals surface area contributed by atoms with Crippen molar-refractivity contribution in [2.75, 3.05) is 7.11 Å². The number of carbonyl (C=O) groups excluding carboxylic acids is 2. The van der Waals surface area contributed by atoms with Crippen molar-refractivity contribution in [3.63, 3.8) is 0 Å². The lowest BCUT2D eigenvalue weighted by Crippen LogP contribution is -2.35. The van der Waals surface area contributed by atoms with E-state index in [4.69, 9.17) is 24.1 Å². The molecule has 0 radical (unpaired) electrons. The maximum Gasteiger partial charge on any atom is 0.343 e. The highest BCUT2D eigenvalue weighted by Crippen LogP contribution is 2.45. The molecule has 2 aromatic heterocycles. The van der Waals surface area contributed by atoms with Gasteiger partial charge in [0, 0.05) is 29.4 Å². The van der Waals surface area contributed by atoms with Crippen LogP contribution in [-0.2, 0) is 9.53 Å². The number of aryl methyl sites for hydroxylation is 2. The SMILES string of the molecule is COc1cc2c(C(=O)OC3(C(N)=O)CC3)c(-c3ccc(F)cc3)oc2cc1-c1c(C)noc1C. The zero-order chi connectivity index (χ0) is 24.2. The summed E-state index contributed by atoms with van der Waals surface area (Å²) in [6.45, 7) is 3.59. The number of methoxy groups -OCH3 is 1. The maximum atomic E-state index is 13.6. The van der Waals surface area contributed by atoms with E-state index in [-0.39, 0.29) is 11.3 Å². The van der Waals surface area contributed by atoms with E-state index in [0.717, 1.165) is 5.56 Å². The lowest BCUT2D eigenvalue weighted by atomic mass is 9.99. The number of nitrogens with zero attached hydrogens (tertiary/aromatic N) is 1. The van der Waals surface area contributed by atoms with Gasteiger partial charge in [0.2, 0.25) is 0 Å². The summed E-state index contributed by atoms with van der Waals surface area (Å²) in [4.78, 5) is 25.2. The average Bonchev–Trinajstić information content (AvgIpc) is 3.39. The lowest BCUT2D eigenvalue weighted by Gasteiger charge is -2.13. The third kappa shape index (κ3) is 3.40. The molecule has 0 spiro atoms. The second kappa shape index (κ2) is 7.72. The van der Waals surface area contributed by atoms with Gasteiger partial charge in [0.1, 0.15) is 34.2 Å². The molecule has 0 aliphatic heterocycles. The Morgan fingerprint density at radius 1 is 1.15 bits per heavy atom. The van der Waals surface area contributed by atoms with Crippen molar-refractivity contribution in [2.24, 2.45) is 5.73 Å². The first-order valence-corrected chi connectivity index (χ1v) is 10.6. The molecule has 1 saturated carbocycles. The van der Waals surface area contributed by atoms with Crippen LogP contribution in [0.15, 0.2) is 45.3 Å². The number of primary amides is 1. The van der Waals surface area contributed by atoms with Crippen molar-refractivity contribution in [1.82, 2.24) is 5.16 Å². The molecule has 5 rings (SSSR count). The number of ether oxygens (including phenoxy) is 2. The third-order valence-corrected chi connectivity index (χ3v) is 6.06. The number of amides is 1. The van der Waals surface area contributed by atoms with Gasteiger partial charge in [-0.15, -0.1) is 0 Å². The first-order chi connectivity index (χ1) is 16.2. The van der Waals surface area contributed by atoms with Crippen molar-refractivity contribution in [1.29, 1.82) is 0 Å². The van der Waals surface area contributed by atoms with E-state index in [0.29, 0.717) is 52.1 Å². The Hall–Kier alpha value is -4.14. The molecule has 2 N–H and O–H groups in total. The Morgan fingerprint density at radius 3 is 2.41 bits per heavy atom. The number of halogens is 1. The predicted molar refractivity (Wildman–Crippen MR) is 120 cm³/mol. The summed E-state index contributed by atoms with van der Waals surface area (Å²) >= 11 is 0. The number of carbonyl (C=O) groups is 2. The fourth-order valence-electron chi connectivity index (χ4n) is 4.10. The van der Waals surface area contributed by atoms with Crippen LogP contribution in [0.4, 0.5) is 4.39 Å². The normalized spacial score (nSPS) is 14.2. The fourth-order valence-corrected chi connectivity index (χ4v) is 4.10. The third-order valence-electron chi connectivity index (χ3n) is 6.06. The van der Waals surface area contributed by atoms with Gasteiger partial charge in [-0.2, -0.15) is 0 Å². The van der Waals surface area contributed by atoms with Crippen molar-refractivity contribution in [3.05, 3.63) is 59.2 Å². The monoisotopic (exact) mass is 464 g/mol. The Kier molecular flexibility index (Phi) is 4.93. The highest BCUT2D eigenvalue weighted by atomic mass is 19.1. The van der Waals surface area contributed by atoms with Gasteiger partial charge in [-0.1, -0.05) is 5.16 Å². The van der Waals surface area contributed by atoms with E-state index >= 15 is 0 Å². The molecule has 1 fully saturated rings. The van der Waals surface area contributed by atoms with E-state index in [2.05, 4.69) is 5.16 Å². The molecule has 1 aliphatic rings. The Labute approximate surface area is 193 Å². The minimum absolute atomic E-state index is 0.0951. The molecule has 0 bridgehead atoms. The molecule has 9 heteroatoms. The number of benzene rings is 2. The predicted octanol–water partition coefficient (Wildman–Crippen LogP) is 4.69. The summed E-state index contributed by atoms with van der Waals surface area (Å²) in [7, 11) is 1.51. The van der Waals surface area contributed by atoms with Crippen LogP contribution in [0.2, 0.25) is 0 Å². The Bertz CT molecular complexity index is 1430. The average molecular weight is 464 g/mol. The van der Waals surface area contributed by atoms with E-state index in [1.807, 2.05) is 6.92 Å². The summed E-state index contributed by atoms with van der Waals surface area (Å²) in [5, 5.41) is 4.42. The number of fused-ring (bicyclic) bond motifs is 1. The second-order valence-electron chi connectivity index (χ2n) is 8.31. The molecule has 174 valence electrons. The summed E-state index contributed by atoms with van der Waals surface area (Å²) in [6, 6.07) is 8.91. The molecular weight excluding hydrogens is 443 g/mol. The number of hydrogen-bond donors (Lipinski definition) is 1. The van der Waals surface area contributed by atoms with Crippen molar-refractivity contribution < 1.29 is 32.4 Å². The Balaban J connectivity index is 1.74. The van der Waals surface area contributed by atoms with Gasteiger partial charge in [-0.05, 0) is 50.2 Å². The minimum atomic E-state index is -1.32. The van der Waals surface area contributed by atoms with Gasteiger partial charge in [0.15, 0.2) is 5.60 Å². The summed E-state index contributed by atoms with van der Waals surface area (Å²) in [5.41, 5.74) is 7.13. The van der Waals surface area contributed by atoms with Crippen LogP contribution in [0, 0.1) is 19.7 Å². The molecule has 2 heterocycles. The fraction of sp³-hybridized carbons (Fsp3) is 0.240. The van der Waals surface area contributed by atoms with E-state index in [9.17, 15) is 14.0 Å². The van der Waals surface area contributed by atoms with Gasteiger partial charge in [-0.25, -0.2) is 9.18 Å². The first kappa shape index (κ1) is 21.7. The van der Waals surface area contributed by atoms with Crippen molar-refractivity contribution >= 4 is 22.8 Å². The number of aromatic nitrogens is 1. The number of esters is 1. The van der Waals surface area contributed by atoms with Gasteiger partial charge in [0.05, 0.1) is 18.4 Å². The van der Waals surface area contributed by atoms with Crippen LogP contribution in [-0.4, -0.2) is 29.7 Å². The van der Waals surface area contributed by atoms with Gasteiger partial charge in [-0.3, -0.25) is 4.79 Å². The van der Waals surface area contributed by atoms with Gasteiger partial charge >= 0.3 is 5.97 Å². The maximum absolute atomic E-state index is 13.6. The van der Waals surface area contributed by atoms with Crippen molar-refractivity contribution in [2.45, 2.75) is 32.3 Å². The molecule has 0 atom stereocenters.